The first-order valence-electron chi connectivity index (χ1n) is 7.33. The third-order valence-electron chi connectivity index (χ3n) is 4.22. The molecule has 0 spiro atoms. The van der Waals surface area contributed by atoms with Crippen molar-refractivity contribution in [1.29, 1.82) is 0 Å². The molecule has 116 valence electrons. The highest BCUT2D eigenvalue weighted by atomic mass is 19.1. The van der Waals surface area contributed by atoms with Crippen LogP contribution in [0.5, 0.6) is 0 Å². The van der Waals surface area contributed by atoms with E-state index in [1.807, 2.05) is 0 Å². The van der Waals surface area contributed by atoms with Crippen LogP contribution in [0.1, 0.15) is 48.0 Å². The fraction of sp³-hybridized carbons (Fsp3) is 0.562. The predicted octanol–water partition coefficient (Wildman–Crippen LogP) is 2.40. The molecule has 0 radical (unpaired) electrons. The minimum atomic E-state index is -0.675. The van der Waals surface area contributed by atoms with Crippen LogP contribution in [0.2, 0.25) is 0 Å². The summed E-state index contributed by atoms with van der Waals surface area (Å²) < 4.78 is 18.4. The Kier molecular flexibility index (Phi) is 5.31. The Morgan fingerprint density at radius 1 is 1.38 bits per heavy atom. The number of benzene rings is 1. The maximum Gasteiger partial charge on any atom is 0.340 e. The molecule has 0 aromatic heterocycles. The summed E-state index contributed by atoms with van der Waals surface area (Å²) in [5.74, 6) is -1.26. The minimum absolute atomic E-state index is 0.0595. The van der Waals surface area contributed by atoms with Crippen molar-refractivity contribution in [1.82, 2.24) is 5.32 Å². The van der Waals surface area contributed by atoms with Crippen molar-refractivity contribution in [3.8, 4) is 0 Å². The summed E-state index contributed by atoms with van der Waals surface area (Å²) >= 11 is 0. The van der Waals surface area contributed by atoms with Gasteiger partial charge in [0.05, 0.1) is 19.3 Å². The maximum absolute atomic E-state index is 13.9. The lowest BCUT2D eigenvalue weighted by molar-refractivity contribution is 0.0595. The normalized spacial score (nSPS) is 17.5. The highest BCUT2D eigenvalue weighted by Gasteiger charge is 2.30. The van der Waals surface area contributed by atoms with E-state index in [0.717, 1.165) is 31.2 Å². The molecule has 0 unspecified atom stereocenters. The molecule has 1 aliphatic rings. The van der Waals surface area contributed by atoms with Gasteiger partial charge in [-0.05, 0) is 30.5 Å². The molecule has 1 saturated carbocycles. The zero-order valence-corrected chi connectivity index (χ0v) is 12.3. The number of carbonyl (C=O) groups is 1. The fourth-order valence-electron chi connectivity index (χ4n) is 2.85. The number of hydrogen-bond acceptors (Lipinski definition) is 4. The number of nitrogens with one attached hydrogen (secondary N) is 1. The zero-order chi connectivity index (χ0) is 15.3. The van der Waals surface area contributed by atoms with Crippen LogP contribution in [-0.4, -0.2) is 30.3 Å². The van der Waals surface area contributed by atoms with Crippen molar-refractivity contribution in [2.24, 2.45) is 0 Å². The maximum atomic E-state index is 13.9. The summed E-state index contributed by atoms with van der Waals surface area (Å²) in [6.45, 7) is 0.564. The van der Waals surface area contributed by atoms with Crippen molar-refractivity contribution < 1.29 is 19.0 Å². The van der Waals surface area contributed by atoms with E-state index in [9.17, 15) is 14.3 Å². The summed E-state index contributed by atoms with van der Waals surface area (Å²) in [6, 6.07) is 4.48. The number of aliphatic hydroxyl groups is 1. The molecule has 21 heavy (non-hydrogen) atoms. The average molecular weight is 295 g/mol. The lowest BCUT2D eigenvalue weighted by atomic mass is 9.82. The molecule has 0 heterocycles. The van der Waals surface area contributed by atoms with Crippen molar-refractivity contribution >= 4 is 5.97 Å². The largest absolute Gasteiger partial charge is 0.465 e. The van der Waals surface area contributed by atoms with Gasteiger partial charge in [-0.2, -0.15) is 0 Å². The van der Waals surface area contributed by atoms with E-state index in [1.54, 1.807) is 6.07 Å². The van der Waals surface area contributed by atoms with E-state index in [4.69, 9.17) is 0 Å². The quantitative estimate of drug-likeness (QED) is 0.819. The number of aliphatic hydroxyl groups excluding tert-OH is 1. The summed E-state index contributed by atoms with van der Waals surface area (Å²) in [4.78, 5) is 11.3. The molecule has 0 bridgehead atoms. The highest BCUT2D eigenvalue weighted by molar-refractivity contribution is 5.89. The SMILES string of the molecule is COC(=O)c1ccc(CNC2(CO)CCCCC2)cc1F. The average Bonchev–Trinajstić information content (AvgIpc) is 2.53. The molecule has 2 N–H and O–H groups in total. The van der Waals surface area contributed by atoms with E-state index in [0.29, 0.717) is 6.54 Å². The van der Waals surface area contributed by atoms with Gasteiger partial charge >= 0.3 is 5.97 Å². The Morgan fingerprint density at radius 3 is 2.67 bits per heavy atom. The Bertz CT molecular complexity index is 498. The predicted molar refractivity (Wildman–Crippen MR) is 77.5 cm³/mol. The molecule has 0 aliphatic heterocycles. The van der Waals surface area contributed by atoms with Crippen molar-refractivity contribution in [3.63, 3.8) is 0 Å². The van der Waals surface area contributed by atoms with Crippen molar-refractivity contribution in [2.75, 3.05) is 13.7 Å². The molecule has 1 aliphatic carbocycles. The second kappa shape index (κ2) is 7.00. The number of rotatable bonds is 5. The highest BCUT2D eigenvalue weighted by Crippen LogP contribution is 2.28. The molecule has 0 amide bonds. The number of carbonyl (C=O) groups excluding carboxylic acids is 1. The molecular weight excluding hydrogens is 273 g/mol. The summed E-state index contributed by atoms with van der Waals surface area (Å²) in [5.41, 5.74) is 0.435. The number of ether oxygens (including phenoxy) is 1. The van der Waals surface area contributed by atoms with Gasteiger partial charge in [0.2, 0.25) is 0 Å². The molecular formula is C16H22FNO3. The Morgan fingerprint density at radius 2 is 2.10 bits per heavy atom. The first-order chi connectivity index (χ1) is 10.1. The van der Waals surface area contributed by atoms with E-state index in [2.05, 4.69) is 10.1 Å². The molecule has 0 atom stereocenters. The number of esters is 1. The third-order valence-corrected chi connectivity index (χ3v) is 4.22. The second-order valence-electron chi connectivity index (χ2n) is 5.66. The van der Waals surface area contributed by atoms with Gasteiger partial charge in [-0.15, -0.1) is 0 Å². The van der Waals surface area contributed by atoms with Crippen LogP contribution in [0, 0.1) is 5.82 Å². The third kappa shape index (κ3) is 3.80. The van der Waals surface area contributed by atoms with E-state index in [-0.39, 0.29) is 17.7 Å². The molecule has 0 saturated heterocycles. The van der Waals surface area contributed by atoms with Gasteiger partial charge in [0.15, 0.2) is 0 Å². The molecule has 1 aromatic rings. The van der Waals surface area contributed by atoms with E-state index in [1.165, 1.54) is 25.7 Å². The molecule has 1 fully saturated rings. The second-order valence-corrected chi connectivity index (χ2v) is 5.66. The van der Waals surface area contributed by atoms with Gasteiger partial charge in [-0.25, -0.2) is 9.18 Å². The monoisotopic (exact) mass is 295 g/mol. The smallest absolute Gasteiger partial charge is 0.340 e. The number of hydrogen-bond donors (Lipinski definition) is 2. The lowest BCUT2D eigenvalue weighted by Crippen LogP contribution is -2.49. The van der Waals surface area contributed by atoms with Crippen LogP contribution >= 0.6 is 0 Å². The van der Waals surface area contributed by atoms with Gasteiger partial charge in [0.25, 0.3) is 0 Å². The first-order valence-corrected chi connectivity index (χ1v) is 7.33. The van der Waals surface area contributed by atoms with Gasteiger partial charge in [-0.3, -0.25) is 0 Å². The summed E-state index contributed by atoms with van der Waals surface area (Å²) in [6.07, 6.45) is 5.27. The Balaban J connectivity index is 2.03. The fourth-order valence-corrected chi connectivity index (χ4v) is 2.85. The van der Waals surface area contributed by atoms with Gasteiger partial charge in [0.1, 0.15) is 5.82 Å². The molecule has 1 aromatic carbocycles. The topological polar surface area (TPSA) is 58.6 Å². The Labute approximate surface area is 124 Å². The van der Waals surface area contributed by atoms with Crippen molar-refractivity contribution in [3.05, 3.63) is 35.1 Å². The van der Waals surface area contributed by atoms with Gasteiger partial charge in [-0.1, -0.05) is 25.3 Å². The van der Waals surface area contributed by atoms with Crippen LogP contribution in [0.3, 0.4) is 0 Å². The molecule has 5 heteroatoms. The Hall–Kier alpha value is -1.46. The van der Waals surface area contributed by atoms with E-state index >= 15 is 0 Å². The number of methoxy groups -OCH3 is 1. The minimum Gasteiger partial charge on any atom is -0.465 e. The van der Waals surface area contributed by atoms with Gasteiger partial charge in [0, 0.05) is 12.1 Å². The van der Waals surface area contributed by atoms with Gasteiger partial charge < -0.3 is 15.2 Å². The van der Waals surface area contributed by atoms with Crippen LogP contribution in [0.25, 0.3) is 0 Å². The standard InChI is InChI=1S/C16H22FNO3/c1-21-15(20)13-6-5-12(9-14(13)17)10-18-16(11-19)7-3-2-4-8-16/h5-6,9,18-19H,2-4,7-8,10-11H2,1H3. The van der Waals surface area contributed by atoms with E-state index < -0.39 is 11.8 Å². The molecule has 4 nitrogen and oxygen atoms in total. The first kappa shape index (κ1) is 15.9. The summed E-state index contributed by atoms with van der Waals surface area (Å²) in [7, 11) is 1.23. The zero-order valence-electron chi connectivity index (χ0n) is 12.3. The van der Waals surface area contributed by atoms with Crippen LogP contribution in [0.15, 0.2) is 18.2 Å². The van der Waals surface area contributed by atoms with Crippen LogP contribution < -0.4 is 5.32 Å². The lowest BCUT2D eigenvalue weighted by Gasteiger charge is -2.36. The number of halogens is 1. The summed E-state index contributed by atoms with van der Waals surface area (Å²) in [5, 5.41) is 13.0. The van der Waals surface area contributed by atoms with Crippen LogP contribution in [0.4, 0.5) is 4.39 Å². The van der Waals surface area contributed by atoms with Crippen molar-refractivity contribution in [2.45, 2.75) is 44.2 Å². The van der Waals surface area contributed by atoms with Crippen LogP contribution in [-0.2, 0) is 11.3 Å². The molecule has 2 rings (SSSR count).